The Morgan fingerprint density at radius 2 is 2.13 bits per heavy atom. The topological polar surface area (TPSA) is 63.6 Å². The Kier molecular flexibility index (Phi) is 6.11. The minimum absolute atomic E-state index is 0.103. The highest BCUT2D eigenvalue weighted by atomic mass is 35.5. The molecule has 6 heteroatoms. The first-order valence-corrected chi connectivity index (χ1v) is 7.67. The average molecular weight is 332 g/mol. The van der Waals surface area contributed by atoms with Crippen LogP contribution in [0.4, 0.5) is 0 Å². The first-order valence-electron chi connectivity index (χ1n) is 7.29. The van der Waals surface area contributed by atoms with Gasteiger partial charge in [0.05, 0.1) is 17.3 Å². The lowest BCUT2D eigenvalue weighted by atomic mass is 10.2. The first kappa shape index (κ1) is 17.0. The fourth-order valence-electron chi connectivity index (χ4n) is 1.73. The molecule has 120 valence electrons. The van der Waals surface area contributed by atoms with E-state index in [9.17, 15) is 4.79 Å². The van der Waals surface area contributed by atoms with Crippen molar-refractivity contribution in [2.24, 2.45) is 5.10 Å². The van der Waals surface area contributed by atoms with E-state index in [4.69, 9.17) is 16.3 Å². The molecule has 23 heavy (non-hydrogen) atoms. The van der Waals surface area contributed by atoms with Crippen molar-refractivity contribution in [3.8, 4) is 5.75 Å². The van der Waals surface area contributed by atoms with Gasteiger partial charge in [0.15, 0.2) is 0 Å². The van der Waals surface area contributed by atoms with E-state index in [1.807, 2.05) is 19.9 Å². The smallest absolute Gasteiger partial charge is 0.271 e. The summed E-state index contributed by atoms with van der Waals surface area (Å²) in [5.74, 6) is 0.338. The van der Waals surface area contributed by atoms with E-state index in [0.29, 0.717) is 16.3 Å². The Morgan fingerprint density at radius 1 is 1.39 bits per heavy atom. The number of hydrogen-bond acceptors (Lipinski definition) is 4. The summed E-state index contributed by atoms with van der Waals surface area (Å²) in [5.41, 5.74) is 3.71. The predicted molar refractivity (Wildman–Crippen MR) is 91.1 cm³/mol. The lowest BCUT2D eigenvalue weighted by Crippen LogP contribution is -2.17. The van der Waals surface area contributed by atoms with E-state index in [0.717, 1.165) is 12.0 Å². The summed E-state index contributed by atoms with van der Waals surface area (Å²) in [6.45, 7) is 4.03. The Bertz CT molecular complexity index is 689. The first-order chi connectivity index (χ1) is 11.1. The van der Waals surface area contributed by atoms with Gasteiger partial charge in [0.1, 0.15) is 5.75 Å². The molecule has 1 aromatic heterocycles. The molecule has 0 radical (unpaired) electrons. The Hall–Kier alpha value is -2.40. The van der Waals surface area contributed by atoms with Gasteiger partial charge in [0.2, 0.25) is 0 Å². The van der Waals surface area contributed by atoms with Crippen LogP contribution in [-0.4, -0.2) is 23.2 Å². The van der Waals surface area contributed by atoms with E-state index in [-0.39, 0.29) is 12.0 Å². The molecule has 0 saturated carbocycles. The molecule has 1 aromatic carbocycles. The molecule has 0 aliphatic carbocycles. The molecule has 1 amide bonds. The number of hydrazone groups is 1. The number of benzene rings is 1. The molecule has 1 heterocycles. The highest BCUT2D eigenvalue weighted by molar-refractivity contribution is 6.32. The quantitative estimate of drug-likeness (QED) is 0.648. The van der Waals surface area contributed by atoms with Crippen molar-refractivity contribution < 1.29 is 9.53 Å². The average Bonchev–Trinajstić information content (AvgIpc) is 2.57. The van der Waals surface area contributed by atoms with Crippen LogP contribution in [-0.2, 0) is 0 Å². The van der Waals surface area contributed by atoms with Gasteiger partial charge in [0, 0.05) is 18.0 Å². The number of aromatic nitrogens is 1. The van der Waals surface area contributed by atoms with Gasteiger partial charge in [-0.25, -0.2) is 5.43 Å². The summed E-state index contributed by atoms with van der Waals surface area (Å²) >= 11 is 6.19. The number of halogens is 1. The molecule has 0 fully saturated rings. The van der Waals surface area contributed by atoms with Crippen LogP contribution in [0.25, 0.3) is 0 Å². The number of rotatable bonds is 6. The normalized spacial score (nSPS) is 12.1. The third-order valence-corrected chi connectivity index (χ3v) is 3.48. The van der Waals surface area contributed by atoms with Crippen LogP contribution in [0.1, 0.15) is 36.2 Å². The fourth-order valence-corrected chi connectivity index (χ4v) is 1.96. The summed E-state index contributed by atoms with van der Waals surface area (Å²) in [6, 6.07) is 8.58. The highest BCUT2D eigenvalue weighted by Gasteiger charge is 2.06. The molecule has 0 aliphatic rings. The van der Waals surface area contributed by atoms with Crippen molar-refractivity contribution in [3.05, 3.63) is 58.9 Å². The largest absolute Gasteiger partial charge is 0.489 e. The van der Waals surface area contributed by atoms with E-state index < -0.39 is 0 Å². The van der Waals surface area contributed by atoms with Gasteiger partial charge in [-0.3, -0.25) is 9.78 Å². The minimum Gasteiger partial charge on any atom is -0.489 e. The van der Waals surface area contributed by atoms with Gasteiger partial charge in [-0.05, 0) is 49.2 Å². The van der Waals surface area contributed by atoms with E-state index in [1.165, 1.54) is 6.21 Å². The molecule has 0 bridgehead atoms. The monoisotopic (exact) mass is 331 g/mol. The second-order valence-corrected chi connectivity index (χ2v) is 5.37. The molecule has 2 rings (SSSR count). The molecule has 0 saturated heterocycles. The number of carbonyl (C=O) groups excluding carboxylic acids is 1. The molecule has 5 nitrogen and oxygen atoms in total. The Labute approximate surface area is 140 Å². The van der Waals surface area contributed by atoms with Gasteiger partial charge in [-0.15, -0.1) is 0 Å². The van der Waals surface area contributed by atoms with Crippen LogP contribution in [0, 0.1) is 0 Å². The molecule has 0 spiro atoms. The summed E-state index contributed by atoms with van der Waals surface area (Å²) < 4.78 is 5.70. The molecule has 1 atom stereocenters. The van der Waals surface area contributed by atoms with Gasteiger partial charge in [-0.1, -0.05) is 18.5 Å². The van der Waals surface area contributed by atoms with Crippen molar-refractivity contribution >= 4 is 23.7 Å². The van der Waals surface area contributed by atoms with Crippen LogP contribution in [0.2, 0.25) is 5.02 Å². The number of carbonyl (C=O) groups is 1. The minimum atomic E-state index is -0.300. The Balaban J connectivity index is 1.97. The number of ether oxygens (including phenoxy) is 1. The summed E-state index contributed by atoms with van der Waals surface area (Å²) in [4.78, 5) is 15.7. The summed E-state index contributed by atoms with van der Waals surface area (Å²) in [7, 11) is 0. The second kappa shape index (κ2) is 8.29. The van der Waals surface area contributed by atoms with Crippen molar-refractivity contribution in [3.63, 3.8) is 0 Å². The number of hydrogen-bond donors (Lipinski definition) is 1. The van der Waals surface area contributed by atoms with Crippen molar-refractivity contribution in [1.29, 1.82) is 0 Å². The molecule has 0 unspecified atom stereocenters. The number of nitrogens with zero attached hydrogens (tertiary/aromatic N) is 2. The highest BCUT2D eigenvalue weighted by Crippen LogP contribution is 2.26. The van der Waals surface area contributed by atoms with Gasteiger partial charge in [0.25, 0.3) is 5.91 Å². The zero-order chi connectivity index (χ0) is 16.7. The standard InChI is InChI=1S/C17H18ClN3O2/c1-3-12(2)23-16-5-4-13(10-15(16)18)11-20-21-17(22)14-6-8-19-9-7-14/h4-12H,3H2,1-2H3,(H,21,22)/b20-11-/t12-/m1/s1. The lowest BCUT2D eigenvalue weighted by molar-refractivity contribution is 0.0955. The summed E-state index contributed by atoms with van der Waals surface area (Å²) in [5, 5.41) is 4.43. The number of nitrogens with one attached hydrogen (secondary N) is 1. The molecular formula is C17H18ClN3O2. The van der Waals surface area contributed by atoms with Crippen LogP contribution < -0.4 is 10.2 Å². The van der Waals surface area contributed by atoms with Crippen LogP contribution in [0.5, 0.6) is 5.75 Å². The van der Waals surface area contributed by atoms with Gasteiger partial charge >= 0.3 is 0 Å². The van der Waals surface area contributed by atoms with Crippen molar-refractivity contribution in [1.82, 2.24) is 10.4 Å². The number of amides is 1. The van der Waals surface area contributed by atoms with E-state index >= 15 is 0 Å². The maximum absolute atomic E-state index is 11.8. The SMILES string of the molecule is CC[C@@H](C)Oc1ccc(/C=N\NC(=O)c2ccncc2)cc1Cl. The van der Waals surface area contributed by atoms with Gasteiger partial charge < -0.3 is 4.74 Å². The molecule has 0 aliphatic heterocycles. The van der Waals surface area contributed by atoms with Crippen LogP contribution in [0.3, 0.4) is 0 Å². The summed E-state index contributed by atoms with van der Waals surface area (Å²) in [6.07, 6.45) is 5.63. The second-order valence-electron chi connectivity index (χ2n) is 4.96. The molecule has 1 N–H and O–H groups in total. The maximum atomic E-state index is 11.8. The molecular weight excluding hydrogens is 314 g/mol. The van der Waals surface area contributed by atoms with E-state index in [1.54, 1.807) is 36.7 Å². The zero-order valence-electron chi connectivity index (χ0n) is 13.0. The maximum Gasteiger partial charge on any atom is 0.271 e. The van der Waals surface area contributed by atoms with Crippen molar-refractivity contribution in [2.45, 2.75) is 26.4 Å². The number of pyridine rings is 1. The zero-order valence-corrected chi connectivity index (χ0v) is 13.7. The Morgan fingerprint density at radius 3 is 2.78 bits per heavy atom. The third-order valence-electron chi connectivity index (χ3n) is 3.18. The van der Waals surface area contributed by atoms with Crippen LogP contribution in [0.15, 0.2) is 47.8 Å². The predicted octanol–water partition coefficient (Wildman–Crippen LogP) is 3.68. The lowest BCUT2D eigenvalue weighted by Gasteiger charge is -2.13. The van der Waals surface area contributed by atoms with Gasteiger partial charge in [-0.2, -0.15) is 5.10 Å². The van der Waals surface area contributed by atoms with Crippen molar-refractivity contribution in [2.75, 3.05) is 0 Å². The fraction of sp³-hybridized carbons (Fsp3) is 0.235. The van der Waals surface area contributed by atoms with E-state index in [2.05, 4.69) is 15.5 Å². The molecule has 2 aromatic rings. The third kappa shape index (κ3) is 5.07. The van der Waals surface area contributed by atoms with Crippen LogP contribution >= 0.6 is 11.6 Å².